The van der Waals surface area contributed by atoms with E-state index in [1.54, 1.807) is 6.07 Å². The van der Waals surface area contributed by atoms with Crippen molar-refractivity contribution in [2.24, 2.45) is 0 Å². The molecule has 23 heavy (non-hydrogen) atoms. The first-order valence-electron chi connectivity index (χ1n) is 7.72. The molecule has 0 aliphatic rings. The van der Waals surface area contributed by atoms with E-state index in [2.05, 4.69) is 31.3 Å². The Bertz CT molecular complexity index is 665. The van der Waals surface area contributed by atoms with E-state index >= 15 is 0 Å². The van der Waals surface area contributed by atoms with E-state index in [-0.39, 0.29) is 12.3 Å². The molecule has 2 aromatic rings. The summed E-state index contributed by atoms with van der Waals surface area (Å²) >= 11 is 0. The van der Waals surface area contributed by atoms with Crippen LogP contribution in [0.15, 0.2) is 42.5 Å². The van der Waals surface area contributed by atoms with Gasteiger partial charge in [-0.3, -0.25) is 4.79 Å². The molecule has 1 amide bonds. The second-order valence-corrected chi connectivity index (χ2v) is 5.75. The van der Waals surface area contributed by atoms with Gasteiger partial charge in [0.25, 0.3) is 0 Å². The molecule has 0 heterocycles. The van der Waals surface area contributed by atoms with Gasteiger partial charge in [-0.25, -0.2) is 4.39 Å². The van der Waals surface area contributed by atoms with E-state index in [0.717, 1.165) is 6.42 Å². The van der Waals surface area contributed by atoms with Crippen LogP contribution >= 0.6 is 0 Å². The third kappa shape index (κ3) is 4.89. The second-order valence-electron chi connectivity index (χ2n) is 5.75. The summed E-state index contributed by atoms with van der Waals surface area (Å²) in [7, 11) is 0. The Morgan fingerprint density at radius 2 is 1.83 bits per heavy atom. The molecule has 0 saturated carbocycles. The zero-order valence-electron chi connectivity index (χ0n) is 13.5. The highest BCUT2D eigenvalue weighted by Crippen LogP contribution is 2.17. The molecule has 0 fully saturated rings. The van der Waals surface area contributed by atoms with Crippen LogP contribution in [0, 0.1) is 19.7 Å². The minimum atomic E-state index is -0.995. The van der Waals surface area contributed by atoms with Crippen molar-refractivity contribution < 1.29 is 14.3 Å². The summed E-state index contributed by atoms with van der Waals surface area (Å²) in [6.07, 6.45) is -0.317. The number of aryl methyl sites for hydroxylation is 2. The lowest BCUT2D eigenvalue weighted by Crippen LogP contribution is -2.27. The van der Waals surface area contributed by atoms with E-state index in [1.165, 1.54) is 34.9 Å². The standard InChI is InChI=1S/C19H22FNO2/c1-13-5-3-6-14(2)17(13)9-10-21-19(23)12-18(22)15-7-4-8-16(20)11-15/h3-8,11,18,22H,9-10,12H2,1-2H3,(H,21,23). The van der Waals surface area contributed by atoms with Crippen LogP contribution < -0.4 is 5.32 Å². The molecular formula is C19H22FNO2. The van der Waals surface area contributed by atoms with Crippen LogP contribution in [0.4, 0.5) is 4.39 Å². The topological polar surface area (TPSA) is 49.3 Å². The lowest BCUT2D eigenvalue weighted by Gasteiger charge is -2.13. The van der Waals surface area contributed by atoms with Crippen molar-refractivity contribution in [3.63, 3.8) is 0 Å². The molecule has 0 aliphatic carbocycles. The number of halogens is 1. The first-order chi connectivity index (χ1) is 11.0. The monoisotopic (exact) mass is 315 g/mol. The van der Waals surface area contributed by atoms with Crippen LogP contribution in [0.2, 0.25) is 0 Å². The van der Waals surface area contributed by atoms with Crippen molar-refractivity contribution in [2.75, 3.05) is 6.54 Å². The first kappa shape index (κ1) is 17.2. The van der Waals surface area contributed by atoms with Gasteiger partial charge in [0.2, 0.25) is 5.91 Å². The lowest BCUT2D eigenvalue weighted by molar-refractivity contribution is -0.123. The van der Waals surface area contributed by atoms with Gasteiger partial charge in [0.1, 0.15) is 5.82 Å². The molecule has 2 aromatic carbocycles. The maximum atomic E-state index is 13.1. The third-order valence-electron chi connectivity index (χ3n) is 3.95. The van der Waals surface area contributed by atoms with Crippen LogP contribution in [0.25, 0.3) is 0 Å². The number of carbonyl (C=O) groups is 1. The lowest BCUT2D eigenvalue weighted by atomic mass is 10.00. The number of aliphatic hydroxyl groups excluding tert-OH is 1. The number of hydrogen-bond donors (Lipinski definition) is 2. The number of benzene rings is 2. The number of rotatable bonds is 6. The summed E-state index contributed by atoms with van der Waals surface area (Å²) in [4.78, 5) is 11.9. The zero-order chi connectivity index (χ0) is 16.8. The van der Waals surface area contributed by atoms with Crippen molar-refractivity contribution >= 4 is 5.91 Å². The molecule has 0 spiro atoms. The molecule has 0 bridgehead atoms. The molecule has 4 heteroatoms. The fourth-order valence-electron chi connectivity index (χ4n) is 2.65. The molecule has 2 N–H and O–H groups in total. The zero-order valence-corrected chi connectivity index (χ0v) is 13.5. The molecule has 0 radical (unpaired) electrons. The first-order valence-corrected chi connectivity index (χ1v) is 7.72. The minimum absolute atomic E-state index is 0.0732. The molecule has 3 nitrogen and oxygen atoms in total. The van der Waals surface area contributed by atoms with Crippen LogP contribution in [0.5, 0.6) is 0 Å². The highest BCUT2D eigenvalue weighted by atomic mass is 19.1. The van der Waals surface area contributed by atoms with Gasteiger partial charge in [0.15, 0.2) is 0 Å². The van der Waals surface area contributed by atoms with E-state index in [1.807, 2.05) is 6.07 Å². The number of aliphatic hydroxyl groups is 1. The Hall–Kier alpha value is -2.20. The molecule has 1 unspecified atom stereocenters. The average molecular weight is 315 g/mol. The van der Waals surface area contributed by atoms with Gasteiger partial charge < -0.3 is 10.4 Å². The maximum Gasteiger partial charge on any atom is 0.222 e. The molecule has 0 aliphatic heterocycles. The molecule has 0 aromatic heterocycles. The Kier molecular flexibility index (Phi) is 5.88. The summed E-state index contributed by atoms with van der Waals surface area (Å²) < 4.78 is 13.1. The van der Waals surface area contributed by atoms with Gasteiger partial charge >= 0.3 is 0 Å². The van der Waals surface area contributed by atoms with Crippen molar-refractivity contribution in [1.29, 1.82) is 0 Å². The minimum Gasteiger partial charge on any atom is -0.388 e. The Morgan fingerprint density at radius 3 is 2.48 bits per heavy atom. The van der Waals surface area contributed by atoms with Crippen LogP contribution in [0.1, 0.15) is 34.8 Å². The third-order valence-corrected chi connectivity index (χ3v) is 3.95. The van der Waals surface area contributed by atoms with Crippen LogP contribution in [-0.2, 0) is 11.2 Å². The average Bonchev–Trinajstić information content (AvgIpc) is 2.50. The van der Waals surface area contributed by atoms with E-state index in [9.17, 15) is 14.3 Å². The molecule has 0 saturated heterocycles. The molecular weight excluding hydrogens is 293 g/mol. The molecule has 2 rings (SSSR count). The quantitative estimate of drug-likeness (QED) is 0.860. The Morgan fingerprint density at radius 1 is 1.17 bits per heavy atom. The number of hydrogen-bond acceptors (Lipinski definition) is 2. The second kappa shape index (κ2) is 7.88. The van der Waals surface area contributed by atoms with Crippen molar-refractivity contribution in [3.05, 3.63) is 70.5 Å². The smallest absolute Gasteiger partial charge is 0.222 e. The van der Waals surface area contributed by atoms with Gasteiger partial charge in [-0.1, -0.05) is 30.3 Å². The normalized spacial score (nSPS) is 12.0. The summed E-state index contributed by atoms with van der Waals surface area (Å²) in [5.41, 5.74) is 4.06. The molecule has 1 atom stereocenters. The van der Waals surface area contributed by atoms with Gasteiger partial charge in [-0.05, 0) is 54.7 Å². The van der Waals surface area contributed by atoms with Crippen molar-refractivity contribution in [1.82, 2.24) is 5.32 Å². The predicted octanol–water partition coefficient (Wildman–Crippen LogP) is 3.22. The number of carbonyl (C=O) groups excluding carboxylic acids is 1. The molecule has 122 valence electrons. The largest absolute Gasteiger partial charge is 0.388 e. The van der Waals surface area contributed by atoms with Crippen LogP contribution in [-0.4, -0.2) is 17.6 Å². The van der Waals surface area contributed by atoms with E-state index in [4.69, 9.17) is 0 Å². The van der Waals surface area contributed by atoms with Crippen LogP contribution in [0.3, 0.4) is 0 Å². The summed E-state index contributed by atoms with van der Waals surface area (Å²) in [6, 6.07) is 11.8. The van der Waals surface area contributed by atoms with Gasteiger partial charge in [0, 0.05) is 6.54 Å². The number of nitrogens with one attached hydrogen (secondary N) is 1. The summed E-state index contributed by atoms with van der Waals surface area (Å²) in [5.74, 6) is -0.662. The van der Waals surface area contributed by atoms with Crippen molar-refractivity contribution in [2.45, 2.75) is 32.8 Å². The SMILES string of the molecule is Cc1cccc(C)c1CCNC(=O)CC(O)c1cccc(F)c1. The van der Waals surface area contributed by atoms with Crippen molar-refractivity contribution in [3.8, 4) is 0 Å². The van der Waals surface area contributed by atoms with E-state index in [0.29, 0.717) is 12.1 Å². The Labute approximate surface area is 136 Å². The summed E-state index contributed by atoms with van der Waals surface area (Å²) in [6.45, 7) is 4.62. The maximum absolute atomic E-state index is 13.1. The Balaban J connectivity index is 1.83. The predicted molar refractivity (Wildman–Crippen MR) is 88.6 cm³/mol. The number of amides is 1. The highest BCUT2D eigenvalue weighted by Gasteiger charge is 2.13. The highest BCUT2D eigenvalue weighted by molar-refractivity contribution is 5.76. The van der Waals surface area contributed by atoms with E-state index < -0.39 is 11.9 Å². The van der Waals surface area contributed by atoms with Gasteiger partial charge in [-0.2, -0.15) is 0 Å². The fraction of sp³-hybridized carbons (Fsp3) is 0.316. The van der Waals surface area contributed by atoms with Gasteiger partial charge in [-0.15, -0.1) is 0 Å². The summed E-state index contributed by atoms with van der Waals surface area (Å²) in [5, 5.41) is 12.8. The van der Waals surface area contributed by atoms with Gasteiger partial charge in [0.05, 0.1) is 12.5 Å². The fourth-order valence-corrected chi connectivity index (χ4v) is 2.65.